The van der Waals surface area contributed by atoms with E-state index in [0.29, 0.717) is 17.7 Å². The van der Waals surface area contributed by atoms with Crippen molar-refractivity contribution in [3.8, 4) is 0 Å². The highest BCUT2D eigenvalue weighted by Crippen LogP contribution is 2.41. The van der Waals surface area contributed by atoms with Gasteiger partial charge in [-0.1, -0.05) is 24.3 Å². The van der Waals surface area contributed by atoms with Crippen LogP contribution in [0.25, 0.3) is 10.1 Å². The Morgan fingerprint density at radius 3 is 2.29 bits per heavy atom. The Bertz CT molecular complexity index is 1530. The van der Waals surface area contributed by atoms with Gasteiger partial charge in [-0.2, -0.15) is 13.2 Å². The van der Waals surface area contributed by atoms with E-state index < -0.39 is 40.1 Å². The van der Waals surface area contributed by atoms with Crippen molar-refractivity contribution in [3.05, 3.63) is 94.8 Å². The molecule has 1 N–H and O–H groups in total. The van der Waals surface area contributed by atoms with Crippen LogP contribution in [0.5, 0.6) is 0 Å². The maximum absolute atomic E-state index is 13.8. The maximum Gasteiger partial charge on any atom is 0.419 e. The highest BCUT2D eigenvalue weighted by Gasteiger charge is 2.35. The molecule has 0 saturated carbocycles. The normalized spacial score (nSPS) is 12.1. The number of hydrogen-bond acceptors (Lipinski definition) is 4. The molecule has 0 unspecified atom stereocenters. The van der Waals surface area contributed by atoms with Crippen molar-refractivity contribution >= 4 is 42.4 Å². The van der Waals surface area contributed by atoms with E-state index in [0.717, 1.165) is 56.1 Å². The third kappa shape index (κ3) is 4.73. The van der Waals surface area contributed by atoms with E-state index in [-0.39, 0.29) is 21.0 Å². The number of anilines is 1. The zero-order valence-corrected chi connectivity index (χ0v) is 19.6. The van der Waals surface area contributed by atoms with E-state index in [4.69, 9.17) is 5.11 Å². The van der Waals surface area contributed by atoms with Gasteiger partial charge in [-0.15, -0.1) is 11.3 Å². The van der Waals surface area contributed by atoms with Crippen LogP contribution in [0.15, 0.2) is 71.6 Å². The van der Waals surface area contributed by atoms with Crippen LogP contribution in [0.4, 0.5) is 22.6 Å². The van der Waals surface area contributed by atoms with Crippen molar-refractivity contribution in [1.82, 2.24) is 0 Å². The number of hydrogen-bond donors (Lipinski definition) is 1. The predicted octanol–water partition coefficient (Wildman–Crippen LogP) is 6.46. The Balaban J connectivity index is 1.87. The van der Waals surface area contributed by atoms with Gasteiger partial charge >= 0.3 is 12.1 Å². The molecule has 0 aliphatic carbocycles. The summed E-state index contributed by atoms with van der Waals surface area (Å²) in [6.07, 6.45) is -4.95. The van der Waals surface area contributed by atoms with Gasteiger partial charge in [0, 0.05) is 4.70 Å². The van der Waals surface area contributed by atoms with Crippen molar-refractivity contribution < 1.29 is 35.9 Å². The van der Waals surface area contributed by atoms with Crippen molar-refractivity contribution in [2.24, 2.45) is 0 Å². The lowest BCUT2D eigenvalue weighted by Gasteiger charge is -2.24. The second-order valence-corrected chi connectivity index (χ2v) is 10.6. The third-order valence-corrected chi connectivity index (χ3v) is 8.57. The Morgan fingerprint density at radius 1 is 1.03 bits per heavy atom. The number of carboxylic acid groups (broad SMARTS) is 1. The second kappa shape index (κ2) is 8.97. The molecule has 0 aliphatic rings. The smallest absolute Gasteiger partial charge is 0.419 e. The van der Waals surface area contributed by atoms with Gasteiger partial charge < -0.3 is 5.11 Å². The van der Waals surface area contributed by atoms with E-state index in [1.807, 2.05) is 0 Å². The zero-order chi connectivity index (χ0) is 25.5. The monoisotopic (exact) mass is 522 g/mol. The molecule has 0 atom stereocenters. The van der Waals surface area contributed by atoms with Gasteiger partial charge in [0.05, 0.1) is 22.6 Å². The number of halogens is 4. The number of fused-ring (bicyclic) bond motifs is 1. The Labute approximate surface area is 201 Å². The molecule has 4 rings (SSSR count). The summed E-state index contributed by atoms with van der Waals surface area (Å²) in [5, 5.41) is 10.2. The first kappa shape index (κ1) is 24.7. The first-order valence-electron chi connectivity index (χ1n) is 10.1. The second-order valence-electron chi connectivity index (χ2n) is 7.68. The van der Waals surface area contributed by atoms with Gasteiger partial charge in [-0.25, -0.2) is 17.6 Å². The average molecular weight is 523 g/mol. The summed E-state index contributed by atoms with van der Waals surface area (Å²) in [4.78, 5) is 10.9. The van der Waals surface area contributed by atoms with Crippen molar-refractivity contribution in [2.45, 2.75) is 24.5 Å². The Kier molecular flexibility index (Phi) is 6.32. The molecule has 0 bridgehead atoms. The van der Waals surface area contributed by atoms with Crippen molar-refractivity contribution in [1.29, 1.82) is 0 Å². The minimum atomic E-state index is -4.95. The summed E-state index contributed by atoms with van der Waals surface area (Å²) in [5.74, 6) is -2.70. The highest BCUT2D eigenvalue weighted by atomic mass is 32.2. The first-order valence-corrected chi connectivity index (χ1v) is 12.3. The topological polar surface area (TPSA) is 74.7 Å². The number of carboxylic acids is 1. The van der Waals surface area contributed by atoms with Crippen LogP contribution in [0.1, 0.15) is 27.0 Å². The molecular formula is C24H17F4NO4S2. The van der Waals surface area contributed by atoms with Gasteiger partial charge in [0.15, 0.2) is 0 Å². The number of benzene rings is 3. The molecule has 4 aromatic rings. The van der Waals surface area contributed by atoms with Gasteiger partial charge in [0.1, 0.15) is 10.8 Å². The number of aryl methyl sites for hydroxylation is 1. The van der Waals surface area contributed by atoms with E-state index in [2.05, 4.69) is 0 Å². The molecule has 5 nitrogen and oxygen atoms in total. The van der Waals surface area contributed by atoms with E-state index >= 15 is 0 Å². The number of rotatable bonds is 6. The summed E-state index contributed by atoms with van der Waals surface area (Å²) in [6.45, 7) is 1.20. The fourth-order valence-electron chi connectivity index (χ4n) is 3.62. The number of aromatic carboxylic acids is 1. The molecule has 182 valence electrons. The summed E-state index contributed by atoms with van der Waals surface area (Å²) < 4.78 is 82.8. The van der Waals surface area contributed by atoms with E-state index in [1.165, 1.54) is 0 Å². The number of carbonyl (C=O) groups is 1. The fraction of sp³-hybridized carbons (Fsp3) is 0.125. The molecule has 0 aliphatic heterocycles. The molecule has 0 amide bonds. The first-order chi connectivity index (χ1) is 16.4. The molecule has 0 saturated heterocycles. The third-order valence-electron chi connectivity index (χ3n) is 5.40. The van der Waals surface area contributed by atoms with Crippen LogP contribution in [-0.4, -0.2) is 19.5 Å². The number of alkyl halides is 3. The van der Waals surface area contributed by atoms with Gasteiger partial charge in [-0.05, 0) is 65.9 Å². The molecule has 3 aromatic carbocycles. The van der Waals surface area contributed by atoms with Crippen LogP contribution < -0.4 is 4.31 Å². The van der Waals surface area contributed by atoms with Crippen LogP contribution in [0, 0.1) is 12.7 Å². The minimum Gasteiger partial charge on any atom is -0.478 e. The molecule has 0 fully saturated rings. The largest absolute Gasteiger partial charge is 0.478 e. The molecule has 1 heterocycles. The molecule has 35 heavy (non-hydrogen) atoms. The lowest BCUT2D eigenvalue weighted by Crippen LogP contribution is -2.30. The van der Waals surface area contributed by atoms with E-state index in [9.17, 15) is 30.8 Å². The van der Waals surface area contributed by atoms with Crippen molar-refractivity contribution in [3.63, 3.8) is 0 Å². The lowest BCUT2D eigenvalue weighted by atomic mass is 9.95. The summed E-state index contributed by atoms with van der Waals surface area (Å²) >= 11 is 1.15. The van der Waals surface area contributed by atoms with E-state index in [1.54, 1.807) is 31.2 Å². The summed E-state index contributed by atoms with van der Waals surface area (Å²) in [7, 11) is -4.35. The number of thiophene rings is 1. The van der Waals surface area contributed by atoms with Crippen LogP contribution in [0.2, 0.25) is 0 Å². The molecular weight excluding hydrogens is 505 g/mol. The van der Waals surface area contributed by atoms with Crippen LogP contribution >= 0.6 is 11.3 Å². The van der Waals surface area contributed by atoms with Crippen molar-refractivity contribution in [2.75, 3.05) is 4.31 Å². The number of sulfonamides is 1. The van der Waals surface area contributed by atoms with Crippen LogP contribution in [-0.2, 0) is 22.7 Å². The SMILES string of the molecule is Cc1c(N(Cc2ccc(F)c(C(F)(F)F)c2)S(=O)(=O)c2ccc([11C](=O)O)cc2)sc2ccccc12. The molecule has 0 radical (unpaired) electrons. The standard InChI is InChI=1S/C24H17F4NO4S2/c1-14-18-4-2-3-5-21(18)34-22(14)29(13-15-6-11-20(25)19(12-15)24(26,27)28)35(32,33)17-9-7-16(8-10-17)23(30)31/h2-12H,13H2,1H3,(H,30,31)/i23-1. The summed E-state index contributed by atoms with van der Waals surface area (Å²) in [5.41, 5.74) is -1.08. The quantitative estimate of drug-likeness (QED) is 0.295. The van der Waals surface area contributed by atoms with Crippen LogP contribution in [0.3, 0.4) is 0 Å². The zero-order valence-electron chi connectivity index (χ0n) is 18.0. The molecule has 0 spiro atoms. The summed E-state index contributed by atoms with van der Waals surface area (Å²) in [6, 6.07) is 14.0. The Hall–Kier alpha value is -3.44. The highest BCUT2D eigenvalue weighted by molar-refractivity contribution is 7.93. The Morgan fingerprint density at radius 2 is 1.69 bits per heavy atom. The number of nitrogens with zero attached hydrogens (tertiary/aromatic N) is 1. The fourth-order valence-corrected chi connectivity index (χ4v) is 6.55. The average Bonchev–Trinajstić information content (AvgIpc) is 3.13. The maximum atomic E-state index is 13.8. The predicted molar refractivity (Wildman–Crippen MR) is 125 cm³/mol. The lowest BCUT2D eigenvalue weighted by molar-refractivity contribution is -0.140. The molecule has 11 heteroatoms. The van der Waals surface area contributed by atoms with Gasteiger partial charge in [-0.3, -0.25) is 4.31 Å². The van der Waals surface area contributed by atoms with Gasteiger partial charge in [0.25, 0.3) is 10.0 Å². The van der Waals surface area contributed by atoms with Gasteiger partial charge in [0.2, 0.25) is 0 Å². The minimum absolute atomic E-state index is 0.0682. The molecule has 1 aromatic heterocycles.